The largest absolute Gasteiger partial charge is 0.493 e. The number of rotatable bonds is 7. The van der Waals surface area contributed by atoms with Crippen molar-refractivity contribution in [1.82, 2.24) is 14.5 Å². The zero-order chi connectivity index (χ0) is 25.4. The fourth-order valence-electron chi connectivity index (χ4n) is 5.09. The summed E-state index contributed by atoms with van der Waals surface area (Å²) < 4.78 is 8.20. The van der Waals surface area contributed by atoms with Crippen LogP contribution in [-0.2, 0) is 6.54 Å². The molecule has 0 atom stereocenters. The van der Waals surface area contributed by atoms with E-state index in [0.29, 0.717) is 0 Å². The summed E-state index contributed by atoms with van der Waals surface area (Å²) in [5.74, 6) is 2.53. The molecule has 4 nitrogen and oxygen atoms in total. The first-order valence-electron chi connectivity index (χ1n) is 13.3. The molecule has 0 spiro atoms. The maximum atomic E-state index is 6.02. The van der Waals surface area contributed by atoms with Crippen LogP contribution in [0.3, 0.4) is 0 Å². The molecule has 0 amide bonds. The zero-order valence-corrected chi connectivity index (χ0v) is 21.9. The second-order valence-electron chi connectivity index (χ2n) is 10.5. The Kier molecular flexibility index (Phi) is 6.25. The lowest BCUT2D eigenvalue weighted by molar-refractivity contribution is 0.180. The summed E-state index contributed by atoms with van der Waals surface area (Å²) in [5.41, 5.74) is 10.4. The van der Waals surface area contributed by atoms with E-state index in [1.165, 1.54) is 52.6 Å². The Morgan fingerprint density at radius 3 is 2.41 bits per heavy atom. The van der Waals surface area contributed by atoms with Gasteiger partial charge in [-0.3, -0.25) is 0 Å². The fraction of sp³-hybridized carbons (Fsp3) is 0.273. The minimum Gasteiger partial charge on any atom is -0.493 e. The Morgan fingerprint density at radius 2 is 1.65 bits per heavy atom. The third kappa shape index (κ3) is 4.89. The molecule has 0 aromatic heterocycles. The van der Waals surface area contributed by atoms with E-state index in [-0.39, 0.29) is 0 Å². The molecule has 4 heteroatoms. The lowest BCUT2D eigenvalue weighted by Gasteiger charge is -2.25. The summed E-state index contributed by atoms with van der Waals surface area (Å²) in [6.45, 7) is 8.06. The third-order valence-electron chi connectivity index (χ3n) is 7.81. The average Bonchev–Trinajstić information content (AvgIpc) is 3.29. The van der Waals surface area contributed by atoms with Crippen LogP contribution in [-0.4, -0.2) is 21.1 Å². The normalized spacial score (nSPS) is 13.6. The first-order valence-corrected chi connectivity index (χ1v) is 13.3. The first kappa shape index (κ1) is 23.5. The van der Waals surface area contributed by atoms with Crippen molar-refractivity contribution >= 4 is 0 Å². The summed E-state index contributed by atoms with van der Waals surface area (Å²) in [6, 6.07) is 23.7. The number of hydrogen-bond donors (Lipinski definition) is 0. The average molecular weight is 488 g/mol. The van der Waals surface area contributed by atoms with Crippen molar-refractivity contribution in [1.29, 1.82) is 0 Å². The van der Waals surface area contributed by atoms with E-state index in [4.69, 9.17) is 14.7 Å². The number of imidazole rings is 1. The van der Waals surface area contributed by atoms with Gasteiger partial charge in [0.25, 0.3) is 0 Å². The second-order valence-corrected chi connectivity index (χ2v) is 10.5. The van der Waals surface area contributed by atoms with Crippen molar-refractivity contribution in [3.8, 4) is 39.7 Å². The van der Waals surface area contributed by atoms with E-state index in [1.807, 2.05) is 0 Å². The van der Waals surface area contributed by atoms with Gasteiger partial charge in [-0.1, -0.05) is 55.0 Å². The van der Waals surface area contributed by atoms with Crippen LogP contribution in [0.15, 0.2) is 79.1 Å². The molecule has 1 saturated carbocycles. The van der Waals surface area contributed by atoms with Gasteiger partial charge in [0, 0.05) is 24.5 Å². The predicted molar refractivity (Wildman–Crippen MR) is 150 cm³/mol. The van der Waals surface area contributed by atoms with Crippen molar-refractivity contribution in [3.63, 3.8) is 0 Å². The highest BCUT2D eigenvalue weighted by Crippen LogP contribution is 2.31. The van der Waals surface area contributed by atoms with Crippen LogP contribution in [0.25, 0.3) is 33.9 Å². The number of aromatic nitrogens is 3. The molecule has 2 heterocycles. The lowest BCUT2D eigenvalue weighted by atomic mass is 9.86. The molecular formula is C33H33N3O. The maximum Gasteiger partial charge on any atom is 0.160 e. The molecule has 6 rings (SSSR count). The molecule has 2 aliphatic heterocycles. The van der Waals surface area contributed by atoms with Crippen molar-refractivity contribution in [3.05, 3.63) is 101 Å². The van der Waals surface area contributed by atoms with Crippen LogP contribution in [0.2, 0.25) is 0 Å². The van der Waals surface area contributed by atoms with E-state index >= 15 is 0 Å². The molecule has 3 aromatic carbocycles. The SMILES string of the molecule is Cc1cc(OCC2CCC2)ccc1-c1ccc(Cn2ccc3nc(-c4cccc(C)c4C)nc-3c2)cc1. The van der Waals surface area contributed by atoms with Gasteiger partial charge in [0.2, 0.25) is 0 Å². The smallest absolute Gasteiger partial charge is 0.160 e. The minimum absolute atomic E-state index is 0.747. The minimum atomic E-state index is 0.747. The van der Waals surface area contributed by atoms with E-state index in [0.717, 1.165) is 47.6 Å². The molecule has 1 fully saturated rings. The molecular weight excluding hydrogens is 454 g/mol. The van der Waals surface area contributed by atoms with Crippen molar-refractivity contribution in [2.24, 2.45) is 5.92 Å². The number of nitrogens with zero attached hydrogens (tertiary/aromatic N) is 3. The van der Waals surface area contributed by atoms with Crippen LogP contribution < -0.4 is 4.74 Å². The van der Waals surface area contributed by atoms with E-state index in [9.17, 15) is 0 Å². The highest BCUT2D eigenvalue weighted by Gasteiger charge is 2.18. The molecule has 186 valence electrons. The van der Waals surface area contributed by atoms with E-state index < -0.39 is 0 Å². The van der Waals surface area contributed by atoms with Crippen LogP contribution in [0.1, 0.15) is 41.5 Å². The van der Waals surface area contributed by atoms with Gasteiger partial charge < -0.3 is 9.30 Å². The zero-order valence-electron chi connectivity index (χ0n) is 21.9. The Bertz CT molecular complexity index is 1510. The van der Waals surface area contributed by atoms with Gasteiger partial charge in [0.1, 0.15) is 11.4 Å². The number of ether oxygens (including phenoxy) is 1. The van der Waals surface area contributed by atoms with Gasteiger partial charge in [-0.15, -0.1) is 0 Å². The number of aryl methyl sites for hydroxylation is 2. The quantitative estimate of drug-likeness (QED) is 0.234. The van der Waals surface area contributed by atoms with Crippen molar-refractivity contribution in [2.45, 2.75) is 46.6 Å². The molecule has 0 saturated heterocycles. The number of hydrogen-bond acceptors (Lipinski definition) is 3. The second kappa shape index (κ2) is 9.85. The Morgan fingerprint density at radius 1 is 0.838 bits per heavy atom. The van der Waals surface area contributed by atoms with Gasteiger partial charge in [-0.2, -0.15) is 0 Å². The van der Waals surface area contributed by atoms with E-state index in [1.54, 1.807) is 0 Å². The Hall–Kier alpha value is -3.92. The van der Waals surface area contributed by atoms with Gasteiger partial charge in [-0.05, 0) is 91.1 Å². The summed E-state index contributed by atoms with van der Waals surface area (Å²) in [6.07, 6.45) is 8.15. The standard InChI is InChI=1S/C33H33N3O/c1-22-6-4-9-30(24(22)3)33-34-31-16-17-36(20-32(31)35-33)19-25-10-12-27(13-11-25)29-15-14-28(18-23(29)2)37-21-26-7-5-8-26/h4,6,9-18,20,26H,5,7-8,19,21H2,1-3H3. The fourth-order valence-corrected chi connectivity index (χ4v) is 5.09. The van der Waals surface area contributed by atoms with Crippen LogP contribution in [0, 0.1) is 26.7 Å². The maximum absolute atomic E-state index is 6.02. The molecule has 0 N–H and O–H groups in total. The monoisotopic (exact) mass is 487 g/mol. The van der Waals surface area contributed by atoms with Crippen molar-refractivity contribution < 1.29 is 4.74 Å². The summed E-state index contributed by atoms with van der Waals surface area (Å²) in [4.78, 5) is 9.63. The van der Waals surface area contributed by atoms with Gasteiger partial charge in [-0.25, -0.2) is 9.97 Å². The van der Waals surface area contributed by atoms with Crippen molar-refractivity contribution in [2.75, 3.05) is 6.61 Å². The predicted octanol–water partition coefficient (Wildman–Crippen LogP) is 7.87. The van der Waals surface area contributed by atoms with E-state index in [2.05, 4.69) is 104 Å². The lowest BCUT2D eigenvalue weighted by Crippen LogP contribution is -2.19. The number of fused-ring (bicyclic) bond motifs is 1. The van der Waals surface area contributed by atoms with Crippen LogP contribution in [0.5, 0.6) is 5.75 Å². The first-order chi connectivity index (χ1) is 18.0. The highest BCUT2D eigenvalue weighted by atomic mass is 16.5. The third-order valence-corrected chi connectivity index (χ3v) is 7.81. The molecule has 3 aliphatic rings. The highest BCUT2D eigenvalue weighted by molar-refractivity contribution is 5.69. The van der Waals surface area contributed by atoms with Crippen LogP contribution in [0.4, 0.5) is 0 Å². The molecule has 3 aromatic rings. The Balaban J connectivity index is 1.16. The number of pyridine rings is 1. The Labute approximate surface area is 219 Å². The van der Waals surface area contributed by atoms with Gasteiger partial charge in [0.15, 0.2) is 5.82 Å². The van der Waals surface area contributed by atoms with Gasteiger partial charge in [0.05, 0.1) is 12.3 Å². The molecule has 37 heavy (non-hydrogen) atoms. The summed E-state index contributed by atoms with van der Waals surface area (Å²) >= 11 is 0. The molecule has 0 unspecified atom stereocenters. The van der Waals surface area contributed by atoms with Gasteiger partial charge >= 0.3 is 0 Å². The summed E-state index contributed by atoms with van der Waals surface area (Å²) in [5, 5.41) is 0. The topological polar surface area (TPSA) is 39.9 Å². The molecule has 0 radical (unpaired) electrons. The summed E-state index contributed by atoms with van der Waals surface area (Å²) in [7, 11) is 0. The molecule has 0 bridgehead atoms. The molecule has 1 aliphatic carbocycles. The number of benzene rings is 3. The van der Waals surface area contributed by atoms with Crippen LogP contribution >= 0.6 is 0 Å².